The van der Waals surface area contributed by atoms with Crippen LogP contribution < -0.4 is 15.1 Å². The van der Waals surface area contributed by atoms with Crippen LogP contribution in [0.2, 0.25) is 0 Å². The Kier molecular flexibility index (Phi) is 6.73. The van der Waals surface area contributed by atoms with E-state index >= 15 is 0 Å². The van der Waals surface area contributed by atoms with Crippen molar-refractivity contribution in [3.63, 3.8) is 0 Å². The molecule has 162 valence electrons. The van der Waals surface area contributed by atoms with Crippen LogP contribution in [0.15, 0.2) is 60.7 Å². The van der Waals surface area contributed by atoms with E-state index in [0.29, 0.717) is 0 Å². The number of amides is 1. The highest BCUT2D eigenvalue weighted by molar-refractivity contribution is 6.01. The van der Waals surface area contributed by atoms with E-state index in [-0.39, 0.29) is 5.91 Å². The summed E-state index contributed by atoms with van der Waals surface area (Å²) < 4.78 is 5.50. The van der Waals surface area contributed by atoms with Crippen molar-refractivity contribution in [3.8, 4) is 5.75 Å². The minimum Gasteiger partial charge on any atom is -0.495 e. The standard InChI is InChI=1S/C26H31N3O2/c1-3-4-10-22-21-11-6-5-9-20(21)14-15-23(22)26(30)27-29-18-16-28(17-19-29)24-12-7-8-13-25(24)31-2/h5-9,11-15H,3-4,10,16-19H2,1-2H3,(H,27,30). The van der Waals surface area contributed by atoms with E-state index in [9.17, 15) is 4.79 Å². The molecule has 3 aromatic carbocycles. The number of hydrazine groups is 1. The first-order chi connectivity index (χ1) is 15.2. The Bertz CT molecular complexity index is 1040. The number of nitrogens with one attached hydrogen (secondary N) is 1. The van der Waals surface area contributed by atoms with Crippen molar-refractivity contribution < 1.29 is 9.53 Å². The number of piperazine rings is 1. The Morgan fingerprint density at radius 3 is 2.48 bits per heavy atom. The van der Waals surface area contributed by atoms with Gasteiger partial charge in [-0.15, -0.1) is 0 Å². The number of hydrogen-bond donors (Lipinski definition) is 1. The van der Waals surface area contributed by atoms with E-state index in [4.69, 9.17) is 4.74 Å². The van der Waals surface area contributed by atoms with E-state index in [1.54, 1.807) is 7.11 Å². The molecule has 1 N–H and O–H groups in total. The number of anilines is 1. The fourth-order valence-corrected chi connectivity index (χ4v) is 4.33. The largest absolute Gasteiger partial charge is 0.495 e. The number of unbranched alkanes of at least 4 members (excludes halogenated alkanes) is 1. The number of nitrogens with zero attached hydrogens (tertiary/aromatic N) is 2. The van der Waals surface area contributed by atoms with Gasteiger partial charge in [0.25, 0.3) is 5.91 Å². The Morgan fingerprint density at radius 1 is 0.968 bits per heavy atom. The molecule has 1 fully saturated rings. The summed E-state index contributed by atoms with van der Waals surface area (Å²) in [6.45, 7) is 5.39. The number of aryl methyl sites for hydroxylation is 1. The summed E-state index contributed by atoms with van der Waals surface area (Å²) in [6.07, 6.45) is 3.10. The summed E-state index contributed by atoms with van der Waals surface area (Å²) in [6, 6.07) is 20.5. The molecule has 1 heterocycles. The first-order valence-electron chi connectivity index (χ1n) is 11.2. The van der Waals surface area contributed by atoms with Gasteiger partial charge in [0.15, 0.2) is 0 Å². The molecule has 1 saturated heterocycles. The van der Waals surface area contributed by atoms with E-state index in [2.05, 4.69) is 47.6 Å². The molecule has 5 heteroatoms. The van der Waals surface area contributed by atoms with Gasteiger partial charge in [-0.1, -0.05) is 55.8 Å². The average molecular weight is 418 g/mol. The van der Waals surface area contributed by atoms with E-state index in [1.165, 1.54) is 10.8 Å². The zero-order valence-corrected chi connectivity index (χ0v) is 18.4. The highest BCUT2D eigenvalue weighted by Gasteiger charge is 2.22. The third-order valence-electron chi connectivity index (χ3n) is 6.03. The highest BCUT2D eigenvalue weighted by Crippen LogP contribution is 2.28. The highest BCUT2D eigenvalue weighted by atomic mass is 16.5. The van der Waals surface area contributed by atoms with Crippen LogP contribution in [0.1, 0.15) is 35.7 Å². The molecule has 0 atom stereocenters. The van der Waals surface area contributed by atoms with Gasteiger partial charge < -0.3 is 9.64 Å². The summed E-state index contributed by atoms with van der Waals surface area (Å²) in [5, 5.41) is 4.41. The van der Waals surface area contributed by atoms with Gasteiger partial charge in [-0.05, 0) is 47.4 Å². The molecule has 0 aliphatic carbocycles. The molecule has 1 amide bonds. The van der Waals surface area contributed by atoms with Crippen LogP contribution in [0.5, 0.6) is 5.75 Å². The van der Waals surface area contributed by atoms with Gasteiger partial charge in [0, 0.05) is 31.7 Å². The third kappa shape index (κ3) is 4.67. The molecule has 31 heavy (non-hydrogen) atoms. The Hall–Kier alpha value is -3.05. The predicted molar refractivity (Wildman–Crippen MR) is 127 cm³/mol. The monoisotopic (exact) mass is 417 g/mol. The Labute approximate surface area is 184 Å². The molecule has 1 aliphatic rings. The SMILES string of the molecule is CCCCc1c(C(=O)NN2CCN(c3ccccc3OC)CC2)ccc2ccccc12. The minimum absolute atomic E-state index is 0.0115. The van der Waals surface area contributed by atoms with Crippen molar-refractivity contribution in [1.29, 1.82) is 0 Å². The van der Waals surface area contributed by atoms with Gasteiger partial charge >= 0.3 is 0 Å². The fourth-order valence-electron chi connectivity index (χ4n) is 4.33. The second-order valence-electron chi connectivity index (χ2n) is 8.00. The molecule has 3 aromatic rings. The lowest BCUT2D eigenvalue weighted by atomic mass is 9.94. The molecule has 0 unspecified atom stereocenters. The Balaban J connectivity index is 1.46. The number of fused-ring (bicyclic) bond motifs is 1. The Morgan fingerprint density at radius 2 is 1.71 bits per heavy atom. The lowest BCUT2D eigenvalue weighted by molar-refractivity contribution is 0.0776. The van der Waals surface area contributed by atoms with Crippen molar-refractivity contribution in [2.45, 2.75) is 26.2 Å². The number of carbonyl (C=O) groups is 1. The topological polar surface area (TPSA) is 44.8 Å². The third-order valence-corrected chi connectivity index (χ3v) is 6.03. The summed E-state index contributed by atoms with van der Waals surface area (Å²) in [5.74, 6) is 0.874. The number of para-hydroxylation sites is 2. The molecule has 0 bridgehead atoms. The summed E-state index contributed by atoms with van der Waals surface area (Å²) in [5.41, 5.74) is 6.21. The molecule has 5 nitrogen and oxygen atoms in total. The van der Waals surface area contributed by atoms with Crippen molar-refractivity contribution in [3.05, 3.63) is 71.8 Å². The van der Waals surface area contributed by atoms with Crippen LogP contribution in [0.4, 0.5) is 5.69 Å². The number of rotatable bonds is 7. The van der Waals surface area contributed by atoms with Crippen molar-refractivity contribution in [2.24, 2.45) is 0 Å². The number of ether oxygens (including phenoxy) is 1. The first-order valence-corrected chi connectivity index (χ1v) is 11.2. The smallest absolute Gasteiger partial charge is 0.265 e. The average Bonchev–Trinajstić information content (AvgIpc) is 2.82. The van der Waals surface area contributed by atoms with Crippen LogP contribution in [-0.2, 0) is 6.42 Å². The minimum atomic E-state index is -0.0115. The first kappa shape index (κ1) is 21.2. The normalized spacial score (nSPS) is 14.6. The molecular weight excluding hydrogens is 386 g/mol. The van der Waals surface area contributed by atoms with Crippen molar-refractivity contribution in [2.75, 3.05) is 38.2 Å². The number of methoxy groups -OCH3 is 1. The predicted octanol–water partition coefficient (Wildman–Crippen LogP) is 4.66. The van der Waals surface area contributed by atoms with Crippen LogP contribution in [0.25, 0.3) is 10.8 Å². The zero-order valence-electron chi connectivity index (χ0n) is 18.4. The second-order valence-corrected chi connectivity index (χ2v) is 8.00. The van der Waals surface area contributed by atoms with Crippen LogP contribution in [-0.4, -0.2) is 44.2 Å². The maximum Gasteiger partial charge on any atom is 0.265 e. The summed E-state index contributed by atoms with van der Waals surface area (Å²) in [7, 11) is 1.70. The lowest BCUT2D eigenvalue weighted by Crippen LogP contribution is -2.53. The molecule has 4 rings (SSSR count). The van der Waals surface area contributed by atoms with Gasteiger partial charge in [0.05, 0.1) is 12.8 Å². The second kappa shape index (κ2) is 9.84. The van der Waals surface area contributed by atoms with E-state index < -0.39 is 0 Å². The van der Waals surface area contributed by atoms with Crippen LogP contribution in [0, 0.1) is 0 Å². The maximum atomic E-state index is 13.2. The molecule has 1 aliphatic heterocycles. The van der Waals surface area contributed by atoms with Gasteiger partial charge in [-0.3, -0.25) is 10.2 Å². The molecule has 0 spiro atoms. The maximum absolute atomic E-state index is 13.2. The number of benzene rings is 3. The van der Waals surface area contributed by atoms with Gasteiger partial charge in [0.1, 0.15) is 5.75 Å². The van der Waals surface area contributed by atoms with Gasteiger partial charge in [-0.25, -0.2) is 5.01 Å². The van der Waals surface area contributed by atoms with Crippen LogP contribution in [0.3, 0.4) is 0 Å². The van der Waals surface area contributed by atoms with E-state index in [0.717, 1.165) is 68.0 Å². The van der Waals surface area contributed by atoms with Crippen molar-refractivity contribution >= 4 is 22.4 Å². The molecular formula is C26H31N3O2. The quantitative estimate of drug-likeness (QED) is 0.607. The summed E-state index contributed by atoms with van der Waals surface area (Å²) >= 11 is 0. The fraction of sp³-hybridized carbons (Fsp3) is 0.346. The number of carbonyl (C=O) groups excluding carboxylic acids is 1. The summed E-state index contributed by atoms with van der Waals surface area (Å²) in [4.78, 5) is 15.5. The molecule has 0 aromatic heterocycles. The molecule has 0 radical (unpaired) electrons. The van der Waals surface area contributed by atoms with Gasteiger partial charge in [-0.2, -0.15) is 0 Å². The zero-order chi connectivity index (χ0) is 21.6. The number of hydrogen-bond acceptors (Lipinski definition) is 4. The van der Waals surface area contributed by atoms with Gasteiger partial charge in [0.2, 0.25) is 0 Å². The van der Waals surface area contributed by atoms with E-state index in [1.807, 2.05) is 35.3 Å². The lowest BCUT2D eigenvalue weighted by Gasteiger charge is -2.36. The molecule has 0 saturated carbocycles. The van der Waals surface area contributed by atoms with Crippen molar-refractivity contribution in [1.82, 2.24) is 10.4 Å². The van der Waals surface area contributed by atoms with Crippen LogP contribution >= 0.6 is 0 Å².